The van der Waals surface area contributed by atoms with E-state index in [-0.39, 0.29) is 12.4 Å². The molecule has 0 aliphatic carbocycles. The van der Waals surface area contributed by atoms with Gasteiger partial charge in [0.25, 0.3) is 0 Å². The topological polar surface area (TPSA) is 47.7 Å². The maximum atomic E-state index is 5.94. The molecular formula is C16H27ClN2O2. The zero-order valence-electron chi connectivity index (χ0n) is 13.2. The smallest absolute Gasteiger partial charge is 0.123 e. The van der Waals surface area contributed by atoms with E-state index >= 15 is 0 Å². The first-order chi connectivity index (χ1) is 9.67. The van der Waals surface area contributed by atoms with Gasteiger partial charge in [-0.25, -0.2) is 0 Å². The minimum Gasteiger partial charge on any atom is -0.497 e. The Bertz CT molecular complexity index is 442. The van der Waals surface area contributed by atoms with Gasteiger partial charge in [-0.05, 0) is 43.5 Å². The summed E-state index contributed by atoms with van der Waals surface area (Å²) in [5.74, 6) is 2.56. The van der Waals surface area contributed by atoms with Gasteiger partial charge in [0.1, 0.15) is 11.5 Å². The monoisotopic (exact) mass is 314 g/mol. The Hall–Kier alpha value is -0.970. The normalized spacial score (nSPS) is 22.5. The molecule has 21 heavy (non-hydrogen) atoms. The first kappa shape index (κ1) is 18.1. The van der Waals surface area contributed by atoms with E-state index in [2.05, 4.69) is 17.9 Å². The zero-order valence-corrected chi connectivity index (χ0v) is 14.0. The fourth-order valence-corrected chi connectivity index (χ4v) is 2.98. The number of hydrogen-bond acceptors (Lipinski definition) is 4. The van der Waals surface area contributed by atoms with Crippen LogP contribution in [0.25, 0.3) is 0 Å². The summed E-state index contributed by atoms with van der Waals surface area (Å²) in [6.07, 6.45) is 2.42. The molecule has 2 rings (SSSR count). The Labute approximate surface area is 134 Å². The standard InChI is InChI=1S/C16H26N2O2.ClH/c1-12-6-7-18(14(8-12)10-17)11-13-9-15(19-2)4-5-16(13)20-3;/h4-5,9,12,14H,6-8,10-11,17H2,1-3H3;1H. The molecule has 0 saturated carbocycles. The molecule has 1 aromatic rings. The molecule has 120 valence electrons. The molecular weight excluding hydrogens is 288 g/mol. The highest BCUT2D eigenvalue weighted by atomic mass is 35.5. The second-order valence-corrected chi connectivity index (χ2v) is 5.67. The molecule has 1 saturated heterocycles. The van der Waals surface area contributed by atoms with Crippen molar-refractivity contribution >= 4 is 12.4 Å². The molecule has 4 nitrogen and oxygen atoms in total. The van der Waals surface area contributed by atoms with Crippen molar-refractivity contribution in [2.45, 2.75) is 32.4 Å². The number of nitrogens with zero attached hydrogens (tertiary/aromatic N) is 1. The van der Waals surface area contributed by atoms with Gasteiger partial charge < -0.3 is 15.2 Å². The van der Waals surface area contributed by atoms with E-state index in [9.17, 15) is 0 Å². The number of halogens is 1. The van der Waals surface area contributed by atoms with Gasteiger partial charge in [-0.1, -0.05) is 6.92 Å². The van der Waals surface area contributed by atoms with Crippen molar-refractivity contribution < 1.29 is 9.47 Å². The van der Waals surface area contributed by atoms with Crippen molar-refractivity contribution in [1.29, 1.82) is 0 Å². The van der Waals surface area contributed by atoms with Gasteiger partial charge >= 0.3 is 0 Å². The van der Waals surface area contributed by atoms with Crippen LogP contribution in [0.2, 0.25) is 0 Å². The second kappa shape index (κ2) is 8.47. The lowest BCUT2D eigenvalue weighted by molar-refractivity contribution is 0.114. The van der Waals surface area contributed by atoms with Crippen LogP contribution in [0.15, 0.2) is 18.2 Å². The van der Waals surface area contributed by atoms with Gasteiger partial charge in [-0.3, -0.25) is 4.90 Å². The molecule has 0 amide bonds. The van der Waals surface area contributed by atoms with Crippen LogP contribution >= 0.6 is 12.4 Å². The molecule has 1 fully saturated rings. The lowest BCUT2D eigenvalue weighted by Gasteiger charge is -2.38. The first-order valence-electron chi connectivity index (χ1n) is 7.33. The summed E-state index contributed by atoms with van der Waals surface area (Å²) >= 11 is 0. The fraction of sp³-hybridized carbons (Fsp3) is 0.625. The van der Waals surface area contributed by atoms with Crippen LogP contribution in [0.1, 0.15) is 25.3 Å². The van der Waals surface area contributed by atoms with Crippen molar-refractivity contribution in [3.05, 3.63) is 23.8 Å². The fourth-order valence-electron chi connectivity index (χ4n) is 2.98. The summed E-state index contributed by atoms with van der Waals surface area (Å²) in [5.41, 5.74) is 7.11. The molecule has 1 aliphatic rings. The highest BCUT2D eigenvalue weighted by molar-refractivity contribution is 5.85. The van der Waals surface area contributed by atoms with Crippen LogP contribution in [0.3, 0.4) is 0 Å². The van der Waals surface area contributed by atoms with Crippen LogP contribution in [-0.2, 0) is 6.54 Å². The third-order valence-corrected chi connectivity index (χ3v) is 4.23. The van der Waals surface area contributed by atoms with E-state index in [1.54, 1.807) is 14.2 Å². The third-order valence-electron chi connectivity index (χ3n) is 4.23. The first-order valence-corrected chi connectivity index (χ1v) is 7.33. The molecule has 5 heteroatoms. The van der Waals surface area contributed by atoms with Crippen molar-refractivity contribution in [2.24, 2.45) is 11.7 Å². The molecule has 2 atom stereocenters. The number of ether oxygens (including phenoxy) is 2. The zero-order chi connectivity index (χ0) is 14.5. The number of piperidine rings is 1. The quantitative estimate of drug-likeness (QED) is 0.908. The summed E-state index contributed by atoms with van der Waals surface area (Å²) in [5, 5.41) is 0. The minimum absolute atomic E-state index is 0. The Morgan fingerprint density at radius 1 is 1.29 bits per heavy atom. The molecule has 2 unspecified atom stereocenters. The van der Waals surface area contributed by atoms with E-state index in [1.165, 1.54) is 18.4 Å². The molecule has 1 aromatic carbocycles. The van der Waals surface area contributed by atoms with Gasteiger partial charge in [0.2, 0.25) is 0 Å². The molecule has 0 spiro atoms. The number of methoxy groups -OCH3 is 2. The number of nitrogens with two attached hydrogens (primary N) is 1. The van der Waals surface area contributed by atoms with Crippen LogP contribution in [0.4, 0.5) is 0 Å². The van der Waals surface area contributed by atoms with Crippen LogP contribution in [-0.4, -0.2) is 38.3 Å². The van der Waals surface area contributed by atoms with E-state index in [0.29, 0.717) is 6.04 Å². The lowest BCUT2D eigenvalue weighted by atomic mass is 9.92. The van der Waals surface area contributed by atoms with Gasteiger partial charge in [-0.15, -0.1) is 12.4 Å². The Balaban J connectivity index is 0.00000220. The summed E-state index contributed by atoms with van der Waals surface area (Å²) < 4.78 is 10.8. The highest BCUT2D eigenvalue weighted by Crippen LogP contribution is 2.29. The van der Waals surface area contributed by atoms with Crippen LogP contribution in [0, 0.1) is 5.92 Å². The van der Waals surface area contributed by atoms with Crippen molar-refractivity contribution in [1.82, 2.24) is 4.90 Å². The third kappa shape index (κ3) is 4.50. The molecule has 0 bridgehead atoms. The predicted molar refractivity (Wildman–Crippen MR) is 88.4 cm³/mol. The van der Waals surface area contributed by atoms with Crippen molar-refractivity contribution in [2.75, 3.05) is 27.3 Å². The second-order valence-electron chi connectivity index (χ2n) is 5.67. The predicted octanol–water partition coefficient (Wildman–Crippen LogP) is 2.68. The Morgan fingerprint density at radius 2 is 2.05 bits per heavy atom. The molecule has 1 aliphatic heterocycles. The summed E-state index contributed by atoms with van der Waals surface area (Å²) in [7, 11) is 3.40. The number of rotatable bonds is 5. The van der Waals surface area contributed by atoms with Crippen LogP contribution < -0.4 is 15.2 Å². The largest absolute Gasteiger partial charge is 0.497 e. The maximum Gasteiger partial charge on any atom is 0.123 e. The average molecular weight is 315 g/mol. The Morgan fingerprint density at radius 3 is 2.67 bits per heavy atom. The minimum atomic E-state index is 0. The molecule has 0 radical (unpaired) electrons. The van der Waals surface area contributed by atoms with E-state index in [4.69, 9.17) is 15.2 Å². The number of benzene rings is 1. The summed E-state index contributed by atoms with van der Waals surface area (Å²) in [6.45, 7) is 5.00. The number of likely N-dealkylation sites (tertiary alicyclic amines) is 1. The Kier molecular flexibility index (Phi) is 7.29. The summed E-state index contributed by atoms with van der Waals surface area (Å²) in [6, 6.07) is 6.43. The van der Waals surface area contributed by atoms with Crippen molar-refractivity contribution in [3.63, 3.8) is 0 Å². The lowest BCUT2D eigenvalue weighted by Crippen LogP contribution is -2.45. The SMILES string of the molecule is COc1ccc(OC)c(CN2CCC(C)CC2CN)c1.Cl. The van der Waals surface area contributed by atoms with Gasteiger partial charge in [0.05, 0.1) is 14.2 Å². The van der Waals surface area contributed by atoms with Crippen molar-refractivity contribution in [3.8, 4) is 11.5 Å². The summed E-state index contributed by atoms with van der Waals surface area (Å²) in [4.78, 5) is 2.47. The van der Waals surface area contributed by atoms with Gasteiger partial charge in [-0.2, -0.15) is 0 Å². The van der Waals surface area contributed by atoms with E-state index in [0.717, 1.165) is 37.1 Å². The molecule has 0 aromatic heterocycles. The molecule has 1 heterocycles. The number of hydrogen-bond donors (Lipinski definition) is 1. The molecule has 2 N–H and O–H groups in total. The van der Waals surface area contributed by atoms with E-state index < -0.39 is 0 Å². The van der Waals surface area contributed by atoms with Gasteiger partial charge in [0.15, 0.2) is 0 Å². The maximum absolute atomic E-state index is 5.94. The average Bonchev–Trinajstić information content (AvgIpc) is 2.48. The van der Waals surface area contributed by atoms with E-state index in [1.807, 2.05) is 12.1 Å². The highest BCUT2D eigenvalue weighted by Gasteiger charge is 2.26. The van der Waals surface area contributed by atoms with Gasteiger partial charge in [0, 0.05) is 24.7 Å². The van der Waals surface area contributed by atoms with Crippen LogP contribution in [0.5, 0.6) is 11.5 Å².